The fourth-order valence-electron chi connectivity index (χ4n) is 3.93. The molecule has 162 valence electrons. The van der Waals surface area contributed by atoms with E-state index in [2.05, 4.69) is 0 Å². The number of nitrogens with zero attached hydrogens (tertiary/aromatic N) is 2. The van der Waals surface area contributed by atoms with Crippen LogP contribution in [0.3, 0.4) is 0 Å². The Morgan fingerprint density at radius 1 is 0.935 bits per heavy atom. The quantitative estimate of drug-likeness (QED) is 0.501. The van der Waals surface area contributed by atoms with Crippen LogP contribution in [0.25, 0.3) is 0 Å². The summed E-state index contributed by atoms with van der Waals surface area (Å²) in [5, 5.41) is 0. The molecule has 1 fully saturated rings. The summed E-state index contributed by atoms with van der Waals surface area (Å²) < 4.78 is 32.5. The van der Waals surface area contributed by atoms with Crippen LogP contribution in [0.5, 0.6) is 0 Å². The lowest BCUT2D eigenvalue weighted by Gasteiger charge is -2.33. The first kappa shape index (κ1) is 21.2. The van der Waals surface area contributed by atoms with Crippen molar-refractivity contribution in [2.75, 3.05) is 19.7 Å². The van der Waals surface area contributed by atoms with Crippen molar-refractivity contribution in [3.63, 3.8) is 0 Å². The van der Waals surface area contributed by atoms with E-state index in [9.17, 15) is 22.8 Å². The summed E-state index contributed by atoms with van der Waals surface area (Å²) in [4.78, 5) is 38.7. The Balaban J connectivity index is 1.41. The van der Waals surface area contributed by atoms with Crippen molar-refractivity contribution in [3.05, 3.63) is 65.7 Å². The summed E-state index contributed by atoms with van der Waals surface area (Å²) in [5.41, 5.74) is 0.650. The number of benzene rings is 2. The fraction of sp³-hybridized carbons (Fsp3) is 0.318. The largest absolute Gasteiger partial charge is 0.463 e. The van der Waals surface area contributed by atoms with Crippen LogP contribution >= 0.6 is 0 Å². The molecule has 9 heteroatoms. The van der Waals surface area contributed by atoms with Crippen LogP contribution in [0, 0.1) is 0 Å². The molecule has 2 heterocycles. The van der Waals surface area contributed by atoms with Gasteiger partial charge in [-0.05, 0) is 43.5 Å². The second kappa shape index (κ2) is 8.60. The lowest BCUT2D eigenvalue weighted by Crippen LogP contribution is -2.48. The van der Waals surface area contributed by atoms with Crippen LogP contribution in [-0.4, -0.2) is 61.1 Å². The topological polar surface area (TPSA) is 101 Å². The third-order valence-corrected chi connectivity index (χ3v) is 7.44. The Bertz CT molecular complexity index is 1080. The molecule has 8 nitrogen and oxygen atoms in total. The molecule has 0 radical (unpaired) electrons. The standard InChI is InChI=1S/C22H22N2O6S/c25-20-17-10-4-5-11-18(17)21(26)23(20)14-15-30-22(27)19-12-6-7-13-24(19)31(28,29)16-8-2-1-3-9-16/h1-5,8-11,19H,6-7,12-15H2. The smallest absolute Gasteiger partial charge is 0.324 e. The highest BCUT2D eigenvalue weighted by atomic mass is 32.2. The average molecular weight is 442 g/mol. The highest BCUT2D eigenvalue weighted by molar-refractivity contribution is 7.89. The maximum Gasteiger partial charge on any atom is 0.324 e. The summed E-state index contributed by atoms with van der Waals surface area (Å²) in [6.45, 7) is -0.0499. The molecule has 2 amide bonds. The van der Waals surface area contributed by atoms with Gasteiger partial charge in [-0.3, -0.25) is 19.3 Å². The van der Waals surface area contributed by atoms with Gasteiger partial charge < -0.3 is 4.74 Å². The monoisotopic (exact) mass is 442 g/mol. The van der Waals surface area contributed by atoms with Crippen molar-refractivity contribution in [2.45, 2.75) is 30.2 Å². The number of carbonyl (C=O) groups excluding carboxylic acids is 3. The van der Waals surface area contributed by atoms with Gasteiger partial charge in [0.2, 0.25) is 10.0 Å². The van der Waals surface area contributed by atoms with Gasteiger partial charge in [-0.1, -0.05) is 30.3 Å². The van der Waals surface area contributed by atoms with E-state index in [4.69, 9.17) is 4.74 Å². The predicted octanol–water partition coefficient (Wildman–Crippen LogP) is 2.07. The van der Waals surface area contributed by atoms with Crippen LogP contribution < -0.4 is 0 Å². The van der Waals surface area contributed by atoms with Crippen LogP contribution in [0.1, 0.15) is 40.0 Å². The molecule has 2 aromatic rings. The number of hydrogen-bond donors (Lipinski definition) is 0. The first-order valence-electron chi connectivity index (χ1n) is 10.1. The van der Waals surface area contributed by atoms with Gasteiger partial charge in [-0.2, -0.15) is 4.31 Å². The molecule has 0 N–H and O–H groups in total. The molecule has 31 heavy (non-hydrogen) atoms. The number of amides is 2. The van der Waals surface area contributed by atoms with Crippen molar-refractivity contribution in [2.24, 2.45) is 0 Å². The van der Waals surface area contributed by atoms with Crippen molar-refractivity contribution in [1.82, 2.24) is 9.21 Å². The lowest BCUT2D eigenvalue weighted by molar-refractivity contribution is -0.149. The highest BCUT2D eigenvalue weighted by Gasteiger charge is 2.39. The number of piperidine rings is 1. The van der Waals surface area contributed by atoms with Gasteiger partial charge in [0.25, 0.3) is 11.8 Å². The van der Waals surface area contributed by atoms with E-state index in [1.54, 1.807) is 42.5 Å². The molecule has 0 saturated carbocycles. The third kappa shape index (κ3) is 3.98. The number of rotatable bonds is 6. The molecule has 0 spiro atoms. The molecule has 1 atom stereocenters. The number of imide groups is 1. The summed E-state index contributed by atoms with van der Waals surface area (Å²) in [6, 6.07) is 13.6. The average Bonchev–Trinajstić information content (AvgIpc) is 3.04. The molecular weight excluding hydrogens is 420 g/mol. The minimum atomic E-state index is -3.84. The van der Waals surface area contributed by atoms with Crippen LogP contribution in [0.4, 0.5) is 0 Å². The predicted molar refractivity (Wildman–Crippen MR) is 111 cm³/mol. The van der Waals surface area contributed by atoms with Gasteiger partial charge >= 0.3 is 5.97 Å². The zero-order valence-electron chi connectivity index (χ0n) is 16.8. The summed E-state index contributed by atoms with van der Waals surface area (Å²) in [7, 11) is -3.84. The summed E-state index contributed by atoms with van der Waals surface area (Å²) in [5.74, 6) is -1.53. The van der Waals surface area contributed by atoms with E-state index in [1.807, 2.05) is 0 Å². The maximum absolute atomic E-state index is 13.0. The van der Waals surface area contributed by atoms with Gasteiger partial charge in [-0.15, -0.1) is 0 Å². The second-order valence-electron chi connectivity index (χ2n) is 7.42. The normalized spacial score (nSPS) is 19.4. The van der Waals surface area contributed by atoms with Crippen LogP contribution in [0.2, 0.25) is 0 Å². The van der Waals surface area contributed by atoms with Crippen molar-refractivity contribution >= 4 is 27.8 Å². The van der Waals surface area contributed by atoms with Gasteiger partial charge in [0.1, 0.15) is 12.6 Å². The SMILES string of the molecule is O=C(OCCN1C(=O)c2ccccc2C1=O)C1CCCCN1S(=O)(=O)c1ccccc1. The van der Waals surface area contributed by atoms with E-state index >= 15 is 0 Å². The van der Waals surface area contributed by atoms with E-state index in [-0.39, 0.29) is 24.6 Å². The second-order valence-corrected chi connectivity index (χ2v) is 9.31. The molecule has 0 bridgehead atoms. The van der Waals surface area contributed by atoms with E-state index < -0.39 is 33.8 Å². The zero-order chi connectivity index (χ0) is 22.0. The highest BCUT2D eigenvalue weighted by Crippen LogP contribution is 2.26. The Hall–Kier alpha value is -3.04. The summed E-state index contributed by atoms with van der Waals surface area (Å²) >= 11 is 0. The molecule has 4 rings (SSSR count). The van der Waals surface area contributed by atoms with Crippen LogP contribution in [-0.2, 0) is 19.6 Å². The van der Waals surface area contributed by atoms with Gasteiger partial charge in [0, 0.05) is 6.54 Å². The number of carbonyl (C=O) groups is 3. The van der Waals surface area contributed by atoms with Crippen molar-refractivity contribution in [1.29, 1.82) is 0 Å². The molecule has 2 aromatic carbocycles. The van der Waals surface area contributed by atoms with Gasteiger partial charge in [-0.25, -0.2) is 8.42 Å². The zero-order valence-corrected chi connectivity index (χ0v) is 17.6. The number of sulfonamides is 1. The van der Waals surface area contributed by atoms with Crippen molar-refractivity contribution < 1.29 is 27.5 Å². The van der Waals surface area contributed by atoms with Crippen LogP contribution in [0.15, 0.2) is 59.5 Å². The number of hydrogen-bond acceptors (Lipinski definition) is 6. The summed E-state index contributed by atoms with van der Waals surface area (Å²) in [6.07, 6.45) is 1.72. The minimum Gasteiger partial charge on any atom is -0.463 e. The van der Waals surface area contributed by atoms with Gasteiger partial charge in [0.15, 0.2) is 0 Å². The Morgan fingerprint density at radius 2 is 1.55 bits per heavy atom. The van der Waals surface area contributed by atoms with Crippen molar-refractivity contribution in [3.8, 4) is 0 Å². The molecule has 1 saturated heterocycles. The molecule has 0 aromatic heterocycles. The molecule has 2 aliphatic heterocycles. The first-order chi connectivity index (χ1) is 14.9. The molecule has 2 aliphatic rings. The fourth-order valence-corrected chi connectivity index (χ4v) is 5.60. The Kier molecular flexibility index (Phi) is 5.88. The first-order valence-corrected chi connectivity index (χ1v) is 11.5. The molecule has 1 unspecified atom stereocenters. The molecular formula is C22H22N2O6S. The lowest BCUT2D eigenvalue weighted by atomic mass is 10.1. The van der Waals surface area contributed by atoms with E-state index in [1.165, 1.54) is 16.4 Å². The number of fused-ring (bicyclic) bond motifs is 1. The minimum absolute atomic E-state index is 0.0871. The van der Waals surface area contributed by atoms with E-state index in [0.29, 0.717) is 30.4 Å². The van der Waals surface area contributed by atoms with E-state index in [0.717, 1.165) is 4.90 Å². The third-order valence-electron chi connectivity index (χ3n) is 5.51. The van der Waals surface area contributed by atoms with Gasteiger partial charge in [0.05, 0.1) is 22.6 Å². The Morgan fingerprint density at radius 3 is 2.19 bits per heavy atom. The maximum atomic E-state index is 13.0. The number of esters is 1. The number of ether oxygens (including phenoxy) is 1. The Labute approximate surface area is 180 Å². The molecule has 0 aliphatic carbocycles.